The van der Waals surface area contributed by atoms with E-state index in [1.54, 1.807) is 0 Å². The molecule has 0 atom stereocenters. The van der Waals surface area contributed by atoms with Crippen LogP contribution < -0.4 is 0 Å². The fourth-order valence-electron chi connectivity index (χ4n) is 6.79. The smallest absolute Gasteiger partial charge is 0.167 e. The average Bonchev–Trinajstić information content (AvgIpc) is 3.55. The molecule has 3 nitrogen and oxygen atoms in total. The number of aromatic amines is 1. The zero-order valence-corrected chi connectivity index (χ0v) is 22.2. The number of H-pyrrole nitrogens is 1. The molecule has 3 heteroatoms. The summed E-state index contributed by atoms with van der Waals surface area (Å²) in [5.41, 5.74) is 12.1. The minimum absolute atomic E-state index is 0.183. The molecule has 1 aliphatic rings. The Hall–Kier alpha value is -5.41. The van der Waals surface area contributed by atoms with Crippen LogP contribution in [0.1, 0.15) is 15.9 Å². The maximum absolute atomic E-state index is 13.0. The van der Waals surface area contributed by atoms with Crippen LogP contribution in [-0.4, -0.2) is 15.3 Å². The van der Waals surface area contributed by atoms with Crippen molar-refractivity contribution in [2.24, 2.45) is 0 Å². The summed E-state index contributed by atoms with van der Waals surface area (Å²) in [5.74, 6) is 0.183. The third-order valence-electron chi connectivity index (χ3n) is 8.72. The molecular formula is C38H24N2O. The van der Waals surface area contributed by atoms with Crippen molar-refractivity contribution >= 4 is 49.4 Å². The Bertz CT molecular complexity index is 2350. The predicted molar refractivity (Wildman–Crippen MR) is 169 cm³/mol. The lowest BCUT2D eigenvalue weighted by atomic mass is 9.84. The van der Waals surface area contributed by atoms with Gasteiger partial charge >= 0.3 is 0 Å². The number of aromatic nitrogens is 2. The Kier molecular flexibility index (Phi) is 4.53. The number of para-hydroxylation sites is 2. The lowest BCUT2D eigenvalue weighted by Gasteiger charge is -2.19. The molecule has 0 spiro atoms. The number of nitrogens with zero attached hydrogens (tertiary/aromatic N) is 1. The molecule has 192 valence electrons. The highest BCUT2D eigenvalue weighted by Crippen LogP contribution is 2.40. The Morgan fingerprint density at radius 2 is 1.22 bits per heavy atom. The normalized spacial score (nSPS) is 12.8. The lowest BCUT2D eigenvalue weighted by Crippen LogP contribution is -2.12. The summed E-state index contributed by atoms with van der Waals surface area (Å²) < 4.78 is 2.35. The van der Waals surface area contributed by atoms with E-state index in [9.17, 15) is 4.79 Å². The number of rotatable bonds is 2. The SMILES string of the molecule is O=C1Cc2ccccc2-c2cc3c(cc21)[nH]c1ccc(-c2ccc4c(c2)c2ccccc2n4-c2ccccc2)cc13. The van der Waals surface area contributed by atoms with Gasteiger partial charge in [0, 0.05) is 50.2 Å². The van der Waals surface area contributed by atoms with Gasteiger partial charge in [0.2, 0.25) is 0 Å². The second-order valence-electron chi connectivity index (χ2n) is 11.0. The van der Waals surface area contributed by atoms with Gasteiger partial charge in [-0.3, -0.25) is 4.79 Å². The third-order valence-corrected chi connectivity index (χ3v) is 8.72. The number of hydrogen-bond acceptors (Lipinski definition) is 1. The Morgan fingerprint density at radius 3 is 2.12 bits per heavy atom. The Labute approximate surface area is 236 Å². The molecule has 0 radical (unpaired) electrons. The summed E-state index contributed by atoms with van der Waals surface area (Å²) in [6, 6.07) is 45.2. The van der Waals surface area contributed by atoms with Crippen LogP contribution in [0.2, 0.25) is 0 Å². The fraction of sp³-hybridized carbons (Fsp3) is 0.0263. The number of carbonyl (C=O) groups is 1. The van der Waals surface area contributed by atoms with E-state index in [1.807, 2.05) is 12.1 Å². The molecule has 41 heavy (non-hydrogen) atoms. The van der Waals surface area contributed by atoms with Crippen molar-refractivity contribution in [2.45, 2.75) is 6.42 Å². The predicted octanol–water partition coefficient (Wildman–Crippen LogP) is 9.49. The van der Waals surface area contributed by atoms with E-state index in [2.05, 4.69) is 125 Å². The zero-order valence-electron chi connectivity index (χ0n) is 22.2. The standard InChI is InChI=1S/C38H24N2O/c41-38-20-25-8-4-5-11-27(25)29-21-31-30-18-23(14-16-34(30)39-35(31)22-33(29)38)24-15-17-37-32(19-24)28-12-6-7-13-36(28)40(37)26-9-2-1-3-10-26/h1-19,21-22,39H,20H2. The second-order valence-corrected chi connectivity index (χ2v) is 11.0. The van der Waals surface area contributed by atoms with Crippen LogP contribution in [0.5, 0.6) is 0 Å². The minimum Gasteiger partial charge on any atom is -0.354 e. The molecule has 8 aromatic rings. The summed E-state index contributed by atoms with van der Waals surface area (Å²) in [6.07, 6.45) is 0.461. The fourth-order valence-corrected chi connectivity index (χ4v) is 6.79. The molecule has 6 aromatic carbocycles. The van der Waals surface area contributed by atoms with Gasteiger partial charge in [-0.1, -0.05) is 72.8 Å². The van der Waals surface area contributed by atoms with Gasteiger partial charge in [0.15, 0.2) is 5.78 Å². The Morgan fingerprint density at radius 1 is 0.512 bits per heavy atom. The molecule has 2 aromatic heterocycles. The topological polar surface area (TPSA) is 37.8 Å². The summed E-state index contributed by atoms with van der Waals surface area (Å²) in [4.78, 5) is 16.6. The summed E-state index contributed by atoms with van der Waals surface area (Å²) in [7, 11) is 0. The molecule has 9 rings (SSSR count). The first-order chi connectivity index (χ1) is 20.2. The van der Waals surface area contributed by atoms with Crippen molar-refractivity contribution in [3.63, 3.8) is 0 Å². The van der Waals surface area contributed by atoms with E-state index < -0.39 is 0 Å². The number of benzene rings is 6. The van der Waals surface area contributed by atoms with Crippen molar-refractivity contribution < 1.29 is 4.79 Å². The number of ketones is 1. The second kappa shape index (κ2) is 8.30. The average molecular weight is 525 g/mol. The van der Waals surface area contributed by atoms with Crippen LogP contribution >= 0.6 is 0 Å². The van der Waals surface area contributed by atoms with Crippen LogP contribution in [0.3, 0.4) is 0 Å². The highest BCUT2D eigenvalue weighted by Gasteiger charge is 2.24. The van der Waals surface area contributed by atoms with E-state index >= 15 is 0 Å². The van der Waals surface area contributed by atoms with Crippen molar-refractivity contribution in [1.29, 1.82) is 0 Å². The van der Waals surface area contributed by atoms with Crippen LogP contribution in [-0.2, 0) is 6.42 Å². The van der Waals surface area contributed by atoms with Crippen molar-refractivity contribution in [1.82, 2.24) is 9.55 Å². The van der Waals surface area contributed by atoms with Crippen LogP contribution in [0.15, 0.2) is 127 Å². The highest BCUT2D eigenvalue weighted by atomic mass is 16.1. The van der Waals surface area contributed by atoms with Gasteiger partial charge in [0.05, 0.1) is 11.0 Å². The molecule has 0 unspecified atom stereocenters. The minimum atomic E-state index is 0.183. The van der Waals surface area contributed by atoms with Crippen molar-refractivity contribution in [3.05, 3.63) is 139 Å². The number of Topliss-reactive ketones (excluding diaryl/α,β-unsaturated/α-hetero) is 1. The molecule has 1 N–H and O–H groups in total. The highest BCUT2D eigenvalue weighted by molar-refractivity contribution is 6.16. The summed E-state index contributed by atoms with van der Waals surface area (Å²) in [5, 5.41) is 4.80. The first-order valence-electron chi connectivity index (χ1n) is 14.0. The van der Waals surface area contributed by atoms with Crippen LogP contribution in [0.25, 0.3) is 71.6 Å². The van der Waals surface area contributed by atoms with Gasteiger partial charge in [-0.25, -0.2) is 0 Å². The first kappa shape index (κ1) is 22.4. The molecule has 0 saturated heterocycles. The van der Waals surface area contributed by atoms with E-state index in [1.165, 1.54) is 38.3 Å². The van der Waals surface area contributed by atoms with E-state index in [0.717, 1.165) is 44.4 Å². The van der Waals surface area contributed by atoms with Gasteiger partial charge in [0.1, 0.15) is 0 Å². The first-order valence-corrected chi connectivity index (χ1v) is 14.0. The van der Waals surface area contributed by atoms with Gasteiger partial charge in [-0.05, 0) is 82.4 Å². The summed E-state index contributed by atoms with van der Waals surface area (Å²) >= 11 is 0. The molecule has 2 heterocycles. The van der Waals surface area contributed by atoms with E-state index in [4.69, 9.17) is 0 Å². The Balaban J connectivity index is 1.25. The molecule has 0 aliphatic heterocycles. The number of nitrogens with one attached hydrogen (secondary N) is 1. The molecule has 1 aliphatic carbocycles. The van der Waals surface area contributed by atoms with E-state index in [-0.39, 0.29) is 5.78 Å². The lowest BCUT2D eigenvalue weighted by molar-refractivity contribution is 0.0992. The molecule has 0 fully saturated rings. The zero-order chi connectivity index (χ0) is 27.1. The summed E-state index contributed by atoms with van der Waals surface area (Å²) in [6.45, 7) is 0. The molecule has 0 amide bonds. The maximum Gasteiger partial charge on any atom is 0.167 e. The third kappa shape index (κ3) is 3.23. The molecular weight excluding hydrogens is 500 g/mol. The van der Waals surface area contributed by atoms with Crippen molar-refractivity contribution in [2.75, 3.05) is 0 Å². The maximum atomic E-state index is 13.0. The monoisotopic (exact) mass is 524 g/mol. The molecule has 0 saturated carbocycles. The molecule has 0 bridgehead atoms. The van der Waals surface area contributed by atoms with Gasteiger partial charge in [-0.15, -0.1) is 0 Å². The van der Waals surface area contributed by atoms with Crippen LogP contribution in [0.4, 0.5) is 0 Å². The number of carbonyl (C=O) groups excluding carboxylic acids is 1. The number of fused-ring (bicyclic) bond motifs is 9. The van der Waals surface area contributed by atoms with E-state index in [0.29, 0.717) is 6.42 Å². The quantitative estimate of drug-likeness (QED) is 0.240. The number of hydrogen-bond donors (Lipinski definition) is 1. The van der Waals surface area contributed by atoms with Gasteiger partial charge in [-0.2, -0.15) is 0 Å². The van der Waals surface area contributed by atoms with Gasteiger partial charge < -0.3 is 9.55 Å². The van der Waals surface area contributed by atoms with Crippen LogP contribution in [0, 0.1) is 0 Å². The largest absolute Gasteiger partial charge is 0.354 e. The van der Waals surface area contributed by atoms with Gasteiger partial charge in [0.25, 0.3) is 0 Å². The van der Waals surface area contributed by atoms with Crippen molar-refractivity contribution in [3.8, 4) is 27.9 Å².